The Bertz CT molecular complexity index is 912. The third-order valence-electron chi connectivity index (χ3n) is 5.51. The molecule has 1 aliphatic heterocycles. The van der Waals surface area contributed by atoms with Crippen molar-refractivity contribution in [2.45, 2.75) is 25.3 Å². The number of hydrogen-bond acceptors (Lipinski definition) is 3. The zero-order chi connectivity index (χ0) is 18.6. The fourth-order valence-corrected chi connectivity index (χ4v) is 3.96. The van der Waals surface area contributed by atoms with Crippen molar-refractivity contribution in [3.8, 4) is 0 Å². The molecule has 3 aromatic rings. The number of amides is 1. The van der Waals surface area contributed by atoms with Crippen molar-refractivity contribution < 1.29 is 4.79 Å². The van der Waals surface area contributed by atoms with Crippen molar-refractivity contribution in [2.24, 2.45) is 7.05 Å². The van der Waals surface area contributed by atoms with E-state index < -0.39 is 0 Å². The highest BCUT2D eigenvalue weighted by molar-refractivity contribution is 5.98. The summed E-state index contributed by atoms with van der Waals surface area (Å²) >= 11 is 0. The second-order valence-electron chi connectivity index (χ2n) is 7.31. The van der Waals surface area contributed by atoms with Crippen LogP contribution in [0.25, 0.3) is 10.9 Å². The van der Waals surface area contributed by atoms with Gasteiger partial charge in [0, 0.05) is 43.3 Å². The van der Waals surface area contributed by atoms with E-state index >= 15 is 0 Å². The molecule has 0 spiro atoms. The number of pyridine rings is 1. The summed E-state index contributed by atoms with van der Waals surface area (Å²) in [5.41, 5.74) is 2.94. The molecule has 1 saturated heterocycles. The fraction of sp³-hybridized carbons (Fsp3) is 0.364. The number of piperidine rings is 1. The van der Waals surface area contributed by atoms with Gasteiger partial charge in [-0.3, -0.25) is 14.7 Å². The molecule has 0 saturated carbocycles. The van der Waals surface area contributed by atoms with Gasteiger partial charge >= 0.3 is 0 Å². The third-order valence-corrected chi connectivity index (χ3v) is 5.51. The van der Waals surface area contributed by atoms with Gasteiger partial charge in [-0.1, -0.05) is 18.6 Å². The number of carbonyl (C=O) groups excluding carboxylic acids is 1. The number of fused-ring (bicyclic) bond motifs is 1. The molecule has 1 aromatic carbocycles. The first-order valence-electron chi connectivity index (χ1n) is 9.69. The molecule has 1 amide bonds. The van der Waals surface area contributed by atoms with Crippen molar-refractivity contribution in [3.63, 3.8) is 0 Å². The van der Waals surface area contributed by atoms with Crippen LogP contribution in [0, 0.1) is 0 Å². The van der Waals surface area contributed by atoms with Gasteiger partial charge < -0.3 is 9.88 Å². The molecular formula is C22H26N4O. The van der Waals surface area contributed by atoms with Crippen LogP contribution < -0.4 is 5.32 Å². The fourth-order valence-electron chi connectivity index (χ4n) is 3.96. The number of benzene rings is 1. The first-order valence-corrected chi connectivity index (χ1v) is 9.69. The van der Waals surface area contributed by atoms with Crippen LogP contribution in [0.3, 0.4) is 0 Å². The van der Waals surface area contributed by atoms with Gasteiger partial charge in [-0.05, 0) is 61.1 Å². The van der Waals surface area contributed by atoms with Crippen molar-refractivity contribution >= 4 is 16.8 Å². The summed E-state index contributed by atoms with van der Waals surface area (Å²) in [6.45, 7) is 2.74. The Balaban J connectivity index is 1.50. The predicted octanol–water partition coefficient (Wildman–Crippen LogP) is 3.53. The lowest BCUT2D eigenvalue weighted by Gasteiger charge is -2.34. The normalized spacial score (nSPS) is 16.3. The molecule has 1 atom stereocenters. The van der Waals surface area contributed by atoms with E-state index in [2.05, 4.69) is 27.3 Å². The standard InChI is InChI=1S/C22H26N4O/c1-25-13-9-17-7-8-18(14-20(17)25)22(27)24-16-21(19-6-5-10-23-15-19)26-11-3-2-4-12-26/h5-10,13-15,21H,2-4,11-12,16H2,1H3,(H,24,27). The Morgan fingerprint density at radius 2 is 2.04 bits per heavy atom. The van der Waals surface area contributed by atoms with Crippen molar-refractivity contribution in [2.75, 3.05) is 19.6 Å². The average Bonchev–Trinajstić information content (AvgIpc) is 3.10. The van der Waals surface area contributed by atoms with Crippen molar-refractivity contribution in [1.82, 2.24) is 19.8 Å². The van der Waals surface area contributed by atoms with E-state index in [4.69, 9.17) is 0 Å². The van der Waals surface area contributed by atoms with Crippen LogP contribution in [0.1, 0.15) is 41.2 Å². The summed E-state index contributed by atoms with van der Waals surface area (Å²) in [5.74, 6) is -0.0241. The zero-order valence-corrected chi connectivity index (χ0v) is 15.8. The van der Waals surface area contributed by atoms with Gasteiger partial charge in [0.15, 0.2) is 0 Å². The molecule has 1 aliphatic rings. The maximum atomic E-state index is 12.8. The van der Waals surface area contributed by atoms with E-state index in [1.54, 1.807) is 6.20 Å². The third kappa shape index (κ3) is 3.88. The van der Waals surface area contributed by atoms with Gasteiger partial charge in [0.2, 0.25) is 0 Å². The number of nitrogens with zero attached hydrogens (tertiary/aromatic N) is 3. The van der Waals surface area contributed by atoms with E-state index in [-0.39, 0.29) is 11.9 Å². The minimum atomic E-state index is -0.0241. The second-order valence-corrected chi connectivity index (χ2v) is 7.31. The molecule has 5 heteroatoms. The Morgan fingerprint density at radius 1 is 1.19 bits per heavy atom. The second kappa shape index (κ2) is 7.92. The summed E-state index contributed by atoms with van der Waals surface area (Å²) < 4.78 is 2.04. The molecule has 3 heterocycles. The van der Waals surface area contributed by atoms with Gasteiger partial charge in [-0.15, -0.1) is 0 Å². The minimum Gasteiger partial charge on any atom is -0.351 e. The molecule has 1 unspecified atom stereocenters. The Labute approximate surface area is 160 Å². The Hall–Kier alpha value is -2.66. The largest absolute Gasteiger partial charge is 0.351 e. The van der Waals surface area contributed by atoms with Crippen LogP contribution in [0.15, 0.2) is 55.0 Å². The van der Waals surface area contributed by atoms with Crippen LogP contribution in [-0.2, 0) is 7.05 Å². The van der Waals surface area contributed by atoms with Gasteiger partial charge in [0.05, 0.1) is 6.04 Å². The molecular weight excluding hydrogens is 336 g/mol. The summed E-state index contributed by atoms with van der Waals surface area (Å²) in [6.07, 6.45) is 9.45. The van der Waals surface area contributed by atoms with Crippen molar-refractivity contribution in [1.29, 1.82) is 0 Å². The smallest absolute Gasteiger partial charge is 0.251 e. The Morgan fingerprint density at radius 3 is 2.81 bits per heavy atom. The van der Waals surface area contributed by atoms with Crippen LogP contribution in [0.5, 0.6) is 0 Å². The summed E-state index contributed by atoms with van der Waals surface area (Å²) in [4.78, 5) is 19.5. The molecule has 0 radical (unpaired) electrons. The zero-order valence-electron chi connectivity index (χ0n) is 15.8. The molecule has 27 heavy (non-hydrogen) atoms. The van der Waals surface area contributed by atoms with Gasteiger partial charge in [0.25, 0.3) is 5.91 Å². The summed E-state index contributed by atoms with van der Waals surface area (Å²) in [5, 5.41) is 4.30. The molecule has 4 rings (SSSR count). The lowest BCUT2D eigenvalue weighted by atomic mass is 10.0. The lowest BCUT2D eigenvalue weighted by Crippen LogP contribution is -2.40. The maximum Gasteiger partial charge on any atom is 0.251 e. The minimum absolute atomic E-state index is 0.0241. The van der Waals surface area contributed by atoms with Gasteiger partial charge in [0.1, 0.15) is 0 Å². The van der Waals surface area contributed by atoms with E-state index in [0.717, 1.165) is 29.6 Å². The number of carbonyl (C=O) groups is 1. The SMILES string of the molecule is Cn1ccc2ccc(C(=O)NCC(c3cccnc3)N3CCCCC3)cc21. The number of likely N-dealkylation sites (tertiary alicyclic amines) is 1. The molecule has 2 aromatic heterocycles. The highest BCUT2D eigenvalue weighted by Crippen LogP contribution is 2.24. The summed E-state index contributed by atoms with van der Waals surface area (Å²) in [7, 11) is 2.00. The highest BCUT2D eigenvalue weighted by Gasteiger charge is 2.23. The molecule has 140 valence electrons. The maximum absolute atomic E-state index is 12.8. The van der Waals surface area contributed by atoms with E-state index in [0.29, 0.717) is 12.1 Å². The number of aryl methyl sites for hydroxylation is 1. The highest BCUT2D eigenvalue weighted by atomic mass is 16.1. The quantitative estimate of drug-likeness (QED) is 0.755. The molecule has 1 fully saturated rings. The molecule has 5 nitrogen and oxygen atoms in total. The first kappa shape index (κ1) is 17.7. The lowest BCUT2D eigenvalue weighted by molar-refractivity contribution is 0.0924. The number of aromatic nitrogens is 2. The van der Waals surface area contributed by atoms with Crippen LogP contribution in [0.4, 0.5) is 0 Å². The summed E-state index contributed by atoms with van der Waals surface area (Å²) in [6, 6.07) is 12.2. The molecule has 1 N–H and O–H groups in total. The first-order chi connectivity index (χ1) is 13.2. The number of hydrogen-bond donors (Lipinski definition) is 1. The van der Waals surface area contributed by atoms with Crippen LogP contribution >= 0.6 is 0 Å². The van der Waals surface area contributed by atoms with Crippen LogP contribution in [0.2, 0.25) is 0 Å². The predicted molar refractivity (Wildman–Crippen MR) is 108 cm³/mol. The van der Waals surface area contributed by atoms with E-state index in [9.17, 15) is 4.79 Å². The Kier molecular flexibility index (Phi) is 5.21. The van der Waals surface area contributed by atoms with Crippen LogP contribution in [-0.4, -0.2) is 40.0 Å². The monoisotopic (exact) mass is 362 g/mol. The number of rotatable bonds is 5. The number of nitrogens with one attached hydrogen (secondary N) is 1. The van der Waals surface area contributed by atoms with E-state index in [1.807, 2.05) is 48.3 Å². The van der Waals surface area contributed by atoms with Crippen molar-refractivity contribution in [3.05, 3.63) is 66.1 Å². The average molecular weight is 362 g/mol. The molecule has 0 bridgehead atoms. The van der Waals surface area contributed by atoms with Gasteiger partial charge in [-0.2, -0.15) is 0 Å². The van der Waals surface area contributed by atoms with Gasteiger partial charge in [-0.25, -0.2) is 0 Å². The topological polar surface area (TPSA) is 50.2 Å². The van der Waals surface area contributed by atoms with E-state index in [1.165, 1.54) is 19.3 Å². The molecule has 0 aliphatic carbocycles.